The monoisotopic (exact) mass is 251 g/mol. The molecule has 0 aromatic heterocycles. The van der Waals surface area contributed by atoms with Crippen LogP contribution in [0.2, 0.25) is 0 Å². The number of alkyl halides is 3. The molecule has 2 aliphatic rings. The Kier molecular flexibility index (Phi) is 3.42. The molecule has 0 unspecified atom stereocenters. The number of hydrogen-bond donors (Lipinski definition) is 1. The van der Waals surface area contributed by atoms with E-state index in [0.29, 0.717) is 12.5 Å². The van der Waals surface area contributed by atoms with E-state index in [-0.39, 0.29) is 36.9 Å². The molecule has 1 saturated heterocycles. The Bertz CT molecular complexity index is 273. The van der Waals surface area contributed by atoms with Crippen LogP contribution in [0, 0.1) is 23.7 Å². The molecule has 2 fully saturated rings. The van der Waals surface area contributed by atoms with E-state index in [1.807, 2.05) is 6.92 Å². The second kappa shape index (κ2) is 4.43. The molecule has 0 aromatic rings. The normalized spacial score (nSPS) is 46.9. The Labute approximate surface area is 99.7 Å². The summed E-state index contributed by atoms with van der Waals surface area (Å²) in [7, 11) is 0. The van der Waals surface area contributed by atoms with Gasteiger partial charge >= 0.3 is 6.18 Å². The average Bonchev–Trinajstić information content (AvgIpc) is 2.52. The van der Waals surface area contributed by atoms with Crippen molar-refractivity contribution in [3.05, 3.63) is 0 Å². The SMILES string of the molecule is C[C@H]1[C@H]2[C@H](CN)C[C@H](C(F)(F)F)C[C@@H]2O[C@H]1C. The average molecular weight is 251 g/mol. The minimum atomic E-state index is -4.11. The van der Waals surface area contributed by atoms with Gasteiger partial charge in [0.15, 0.2) is 0 Å². The lowest BCUT2D eigenvalue weighted by Gasteiger charge is -2.39. The number of halogens is 3. The summed E-state index contributed by atoms with van der Waals surface area (Å²) in [6.07, 6.45) is -4.04. The Hall–Kier alpha value is -0.290. The molecule has 1 saturated carbocycles. The van der Waals surface area contributed by atoms with Crippen molar-refractivity contribution >= 4 is 0 Å². The predicted octanol–water partition coefficient (Wildman–Crippen LogP) is 2.57. The van der Waals surface area contributed by atoms with Gasteiger partial charge < -0.3 is 10.5 Å². The first-order valence-electron chi connectivity index (χ1n) is 6.26. The highest BCUT2D eigenvalue weighted by Gasteiger charge is 2.53. The van der Waals surface area contributed by atoms with Crippen molar-refractivity contribution in [2.75, 3.05) is 6.54 Å². The van der Waals surface area contributed by atoms with E-state index < -0.39 is 12.1 Å². The summed E-state index contributed by atoms with van der Waals surface area (Å²) in [4.78, 5) is 0. The summed E-state index contributed by atoms with van der Waals surface area (Å²) < 4.78 is 44.1. The molecule has 0 radical (unpaired) electrons. The summed E-state index contributed by atoms with van der Waals surface area (Å²) >= 11 is 0. The van der Waals surface area contributed by atoms with Crippen LogP contribution in [0.15, 0.2) is 0 Å². The summed E-state index contributed by atoms with van der Waals surface area (Å²) in [6.45, 7) is 4.33. The standard InChI is InChI=1S/C12H20F3NO/c1-6-7(2)17-10-4-9(12(13,14)15)3-8(5-16)11(6)10/h6-11H,3-5,16H2,1-2H3/t6-,7+,8+,9+,10+,11+/m1/s1. The molecule has 6 atom stereocenters. The van der Waals surface area contributed by atoms with Gasteiger partial charge in [-0.15, -0.1) is 0 Å². The predicted molar refractivity (Wildman–Crippen MR) is 58.3 cm³/mol. The van der Waals surface area contributed by atoms with Gasteiger partial charge in [0, 0.05) is 0 Å². The maximum Gasteiger partial charge on any atom is 0.391 e. The van der Waals surface area contributed by atoms with Gasteiger partial charge in [0.1, 0.15) is 0 Å². The lowest BCUT2D eigenvalue weighted by molar-refractivity contribution is -0.199. The van der Waals surface area contributed by atoms with Gasteiger partial charge in [0.05, 0.1) is 18.1 Å². The third kappa shape index (κ3) is 2.32. The van der Waals surface area contributed by atoms with Crippen molar-refractivity contribution in [1.29, 1.82) is 0 Å². The fraction of sp³-hybridized carbons (Fsp3) is 1.00. The fourth-order valence-electron chi connectivity index (χ4n) is 3.51. The highest BCUT2D eigenvalue weighted by molar-refractivity contribution is 4.97. The zero-order valence-electron chi connectivity index (χ0n) is 10.2. The Balaban J connectivity index is 2.16. The van der Waals surface area contributed by atoms with Crippen molar-refractivity contribution in [2.24, 2.45) is 29.4 Å². The van der Waals surface area contributed by atoms with Gasteiger partial charge in [-0.2, -0.15) is 13.2 Å². The van der Waals surface area contributed by atoms with E-state index in [1.165, 1.54) is 0 Å². The van der Waals surface area contributed by atoms with Crippen molar-refractivity contribution in [3.8, 4) is 0 Å². The molecule has 0 spiro atoms. The van der Waals surface area contributed by atoms with Crippen LogP contribution in [0.3, 0.4) is 0 Å². The highest BCUT2D eigenvalue weighted by Crippen LogP contribution is 2.49. The van der Waals surface area contributed by atoms with E-state index in [4.69, 9.17) is 10.5 Å². The second-order valence-electron chi connectivity index (χ2n) is 5.52. The first-order valence-corrected chi connectivity index (χ1v) is 6.26. The third-order valence-corrected chi connectivity index (χ3v) is 4.58. The van der Waals surface area contributed by atoms with Crippen LogP contribution in [-0.2, 0) is 4.74 Å². The summed E-state index contributed by atoms with van der Waals surface area (Å²) in [6, 6.07) is 0. The summed E-state index contributed by atoms with van der Waals surface area (Å²) in [5.74, 6) is -0.786. The van der Waals surface area contributed by atoms with Gasteiger partial charge in [-0.25, -0.2) is 0 Å². The molecule has 5 heteroatoms. The van der Waals surface area contributed by atoms with E-state index in [2.05, 4.69) is 6.92 Å². The minimum Gasteiger partial charge on any atom is -0.375 e. The van der Waals surface area contributed by atoms with Crippen LogP contribution in [0.4, 0.5) is 13.2 Å². The van der Waals surface area contributed by atoms with Crippen LogP contribution >= 0.6 is 0 Å². The molecule has 2 N–H and O–H groups in total. The maximum absolute atomic E-state index is 12.8. The summed E-state index contributed by atoms with van der Waals surface area (Å²) in [5, 5.41) is 0. The van der Waals surface area contributed by atoms with Gasteiger partial charge in [0.2, 0.25) is 0 Å². The molecule has 1 aliphatic heterocycles. The number of ether oxygens (including phenoxy) is 1. The minimum absolute atomic E-state index is 0.0473. The lowest BCUT2D eigenvalue weighted by atomic mass is 9.68. The molecule has 100 valence electrons. The number of nitrogens with two attached hydrogens (primary N) is 1. The Morgan fingerprint density at radius 3 is 2.41 bits per heavy atom. The van der Waals surface area contributed by atoms with E-state index in [1.54, 1.807) is 0 Å². The van der Waals surface area contributed by atoms with Crippen LogP contribution in [0.5, 0.6) is 0 Å². The van der Waals surface area contributed by atoms with Gasteiger partial charge in [-0.05, 0) is 44.1 Å². The molecule has 2 rings (SSSR count). The van der Waals surface area contributed by atoms with Crippen molar-refractivity contribution < 1.29 is 17.9 Å². The van der Waals surface area contributed by atoms with E-state index >= 15 is 0 Å². The number of hydrogen-bond acceptors (Lipinski definition) is 2. The van der Waals surface area contributed by atoms with Crippen molar-refractivity contribution in [3.63, 3.8) is 0 Å². The number of rotatable bonds is 1. The van der Waals surface area contributed by atoms with Gasteiger partial charge in [-0.1, -0.05) is 6.92 Å². The summed E-state index contributed by atoms with van der Waals surface area (Å²) in [5.41, 5.74) is 5.65. The molecular formula is C12H20F3NO. The first kappa shape index (κ1) is 13.1. The molecule has 0 aromatic carbocycles. The van der Waals surface area contributed by atoms with Crippen molar-refractivity contribution in [1.82, 2.24) is 0 Å². The number of fused-ring (bicyclic) bond motifs is 1. The lowest BCUT2D eigenvalue weighted by Crippen LogP contribution is -2.43. The molecule has 2 nitrogen and oxygen atoms in total. The Morgan fingerprint density at radius 1 is 1.24 bits per heavy atom. The van der Waals surface area contributed by atoms with E-state index in [0.717, 1.165) is 0 Å². The van der Waals surface area contributed by atoms with Gasteiger partial charge in [0.25, 0.3) is 0 Å². The third-order valence-electron chi connectivity index (χ3n) is 4.58. The van der Waals surface area contributed by atoms with E-state index in [9.17, 15) is 13.2 Å². The maximum atomic E-state index is 12.8. The van der Waals surface area contributed by atoms with Crippen LogP contribution in [0.25, 0.3) is 0 Å². The van der Waals surface area contributed by atoms with Crippen LogP contribution < -0.4 is 5.73 Å². The fourth-order valence-corrected chi connectivity index (χ4v) is 3.51. The molecule has 1 heterocycles. The smallest absolute Gasteiger partial charge is 0.375 e. The highest BCUT2D eigenvalue weighted by atomic mass is 19.4. The second-order valence-corrected chi connectivity index (χ2v) is 5.52. The first-order chi connectivity index (χ1) is 7.84. The van der Waals surface area contributed by atoms with Gasteiger partial charge in [-0.3, -0.25) is 0 Å². The molecule has 1 aliphatic carbocycles. The molecular weight excluding hydrogens is 231 g/mol. The molecule has 17 heavy (non-hydrogen) atoms. The molecule has 0 amide bonds. The largest absolute Gasteiger partial charge is 0.391 e. The topological polar surface area (TPSA) is 35.2 Å². The molecule has 0 bridgehead atoms. The van der Waals surface area contributed by atoms with Crippen LogP contribution in [-0.4, -0.2) is 24.9 Å². The van der Waals surface area contributed by atoms with Crippen LogP contribution in [0.1, 0.15) is 26.7 Å². The zero-order valence-corrected chi connectivity index (χ0v) is 10.2. The quantitative estimate of drug-likeness (QED) is 0.777. The van der Waals surface area contributed by atoms with Crippen molar-refractivity contribution in [2.45, 2.75) is 45.1 Å². The Morgan fingerprint density at radius 2 is 1.88 bits per heavy atom. The zero-order chi connectivity index (χ0) is 12.8.